The van der Waals surface area contributed by atoms with Gasteiger partial charge in [0.1, 0.15) is 5.15 Å². The van der Waals surface area contributed by atoms with Crippen LogP contribution in [0.5, 0.6) is 0 Å². The van der Waals surface area contributed by atoms with E-state index in [1.807, 2.05) is 24.3 Å². The molecule has 1 unspecified atom stereocenters. The van der Waals surface area contributed by atoms with E-state index in [1.54, 1.807) is 6.07 Å². The fourth-order valence-electron chi connectivity index (χ4n) is 2.18. The molecular formula is C14H12ClN3O2. The fraction of sp³-hybridized carbons (Fsp3) is 0.214. The van der Waals surface area contributed by atoms with Crippen LogP contribution in [0.1, 0.15) is 17.2 Å². The summed E-state index contributed by atoms with van der Waals surface area (Å²) < 4.78 is 5.57. The van der Waals surface area contributed by atoms with Crippen molar-refractivity contribution < 1.29 is 9.53 Å². The summed E-state index contributed by atoms with van der Waals surface area (Å²) in [6, 6.07) is 9.30. The van der Waals surface area contributed by atoms with Crippen molar-refractivity contribution in [3.63, 3.8) is 0 Å². The van der Waals surface area contributed by atoms with Gasteiger partial charge in [-0.1, -0.05) is 35.9 Å². The quantitative estimate of drug-likeness (QED) is 0.862. The third kappa shape index (κ3) is 2.64. The van der Waals surface area contributed by atoms with Crippen LogP contribution in [0.4, 0.5) is 5.95 Å². The number of hydrogen-bond acceptors (Lipinski definition) is 4. The number of fused-ring (bicyclic) bond motifs is 1. The molecule has 0 aliphatic carbocycles. The van der Waals surface area contributed by atoms with Gasteiger partial charge >= 0.3 is 0 Å². The molecule has 2 aromatic rings. The normalized spacial score (nSPS) is 17.4. The van der Waals surface area contributed by atoms with Crippen molar-refractivity contribution in [1.29, 1.82) is 0 Å². The van der Waals surface area contributed by atoms with E-state index in [0.29, 0.717) is 6.61 Å². The van der Waals surface area contributed by atoms with Gasteiger partial charge in [0.25, 0.3) is 5.91 Å². The number of amides is 1. The molecule has 1 amide bonds. The maximum Gasteiger partial charge on any atom is 0.260 e. The molecule has 0 saturated heterocycles. The Labute approximate surface area is 121 Å². The summed E-state index contributed by atoms with van der Waals surface area (Å²) in [7, 11) is 0. The Kier molecular flexibility index (Phi) is 3.62. The second-order valence-corrected chi connectivity index (χ2v) is 4.78. The first-order valence-electron chi connectivity index (χ1n) is 6.23. The Bertz CT molecular complexity index is 648. The second-order valence-electron chi connectivity index (χ2n) is 4.39. The average molecular weight is 290 g/mol. The van der Waals surface area contributed by atoms with E-state index in [9.17, 15) is 4.79 Å². The molecule has 0 saturated carbocycles. The number of halogens is 1. The Morgan fingerprint density at radius 3 is 3.05 bits per heavy atom. The minimum Gasteiger partial charge on any atom is -0.363 e. The van der Waals surface area contributed by atoms with Gasteiger partial charge in [-0.15, -0.1) is 0 Å². The molecule has 6 heteroatoms. The van der Waals surface area contributed by atoms with Gasteiger partial charge in [-0.05, 0) is 23.6 Å². The molecule has 1 atom stereocenters. The first-order chi connectivity index (χ1) is 9.74. The minimum atomic E-state index is -0.637. The van der Waals surface area contributed by atoms with Crippen LogP contribution in [0.2, 0.25) is 5.15 Å². The molecule has 0 fully saturated rings. The average Bonchev–Trinajstić information content (AvgIpc) is 2.46. The third-order valence-electron chi connectivity index (χ3n) is 3.09. The number of nitrogens with zero attached hydrogens (tertiary/aromatic N) is 2. The summed E-state index contributed by atoms with van der Waals surface area (Å²) in [6.45, 7) is 0.519. The second kappa shape index (κ2) is 5.56. The van der Waals surface area contributed by atoms with E-state index in [2.05, 4.69) is 15.3 Å². The van der Waals surface area contributed by atoms with Gasteiger partial charge in [0.15, 0.2) is 6.10 Å². The summed E-state index contributed by atoms with van der Waals surface area (Å²) in [6.07, 6.45) is 1.66. The summed E-state index contributed by atoms with van der Waals surface area (Å²) in [4.78, 5) is 20.2. The van der Waals surface area contributed by atoms with Crippen molar-refractivity contribution in [2.45, 2.75) is 12.5 Å². The van der Waals surface area contributed by atoms with Crippen LogP contribution in [0.25, 0.3) is 0 Å². The van der Waals surface area contributed by atoms with E-state index in [0.717, 1.165) is 17.5 Å². The van der Waals surface area contributed by atoms with Gasteiger partial charge in [-0.25, -0.2) is 9.97 Å². The molecule has 1 N–H and O–H groups in total. The van der Waals surface area contributed by atoms with Crippen LogP contribution >= 0.6 is 11.6 Å². The van der Waals surface area contributed by atoms with Crippen LogP contribution in [-0.4, -0.2) is 22.5 Å². The largest absolute Gasteiger partial charge is 0.363 e. The van der Waals surface area contributed by atoms with E-state index in [1.165, 1.54) is 6.20 Å². The van der Waals surface area contributed by atoms with Crippen LogP contribution in [0.15, 0.2) is 36.5 Å². The number of ether oxygens (including phenoxy) is 1. The molecule has 102 valence electrons. The van der Waals surface area contributed by atoms with Crippen molar-refractivity contribution >= 4 is 23.5 Å². The lowest BCUT2D eigenvalue weighted by molar-refractivity contribution is -0.128. The molecule has 2 heterocycles. The standard InChI is InChI=1S/C14H12ClN3O2/c15-11-5-7-16-14(17-11)18-13(19)12-10-4-2-1-3-9(10)6-8-20-12/h1-5,7,12H,6,8H2,(H,16,17,18,19). The molecule has 1 aromatic carbocycles. The molecule has 3 rings (SSSR count). The minimum absolute atomic E-state index is 0.175. The van der Waals surface area contributed by atoms with Crippen molar-refractivity contribution in [3.8, 4) is 0 Å². The number of carbonyl (C=O) groups is 1. The summed E-state index contributed by atoms with van der Waals surface area (Å²) in [5, 5.41) is 2.90. The smallest absolute Gasteiger partial charge is 0.260 e. The molecule has 0 spiro atoms. The fourth-order valence-corrected chi connectivity index (χ4v) is 2.32. The van der Waals surface area contributed by atoms with E-state index >= 15 is 0 Å². The summed E-state index contributed by atoms with van der Waals surface area (Å²) in [5.41, 5.74) is 2.02. The third-order valence-corrected chi connectivity index (χ3v) is 3.30. The van der Waals surface area contributed by atoms with Crippen LogP contribution in [0.3, 0.4) is 0 Å². The number of anilines is 1. The van der Waals surface area contributed by atoms with E-state index in [-0.39, 0.29) is 17.0 Å². The van der Waals surface area contributed by atoms with Crippen LogP contribution < -0.4 is 5.32 Å². The molecule has 0 bridgehead atoms. The van der Waals surface area contributed by atoms with Gasteiger partial charge in [0.2, 0.25) is 5.95 Å². The van der Waals surface area contributed by atoms with Crippen molar-refractivity contribution in [2.24, 2.45) is 0 Å². The first-order valence-corrected chi connectivity index (χ1v) is 6.60. The monoisotopic (exact) mass is 289 g/mol. The van der Waals surface area contributed by atoms with Gasteiger partial charge in [-0.3, -0.25) is 10.1 Å². The Hall–Kier alpha value is -1.98. The van der Waals surface area contributed by atoms with Gasteiger partial charge < -0.3 is 4.74 Å². The number of rotatable bonds is 2. The van der Waals surface area contributed by atoms with Crippen molar-refractivity contribution in [3.05, 3.63) is 52.8 Å². The highest BCUT2D eigenvalue weighted by Crippen LogP contribution is 2.27. The molecule has 5 nitrogen and oxygen atoms in total. The maximum absolute atomic E-state index is 12.3. The summed E-state index contributed by atoms with van der Waals surface area (Å²) >= 11 is 5.76. The van der Waals surface area contributed by atoms with Gasteiger partial charge in [0.05, 0.1) is 6.61 Å². The Morgan fingerprint density at radius 1 is 1.35 bits per heavy atom. The molecule has 0 radical (unpaired) electrons. The first kappa shape index (κ1) is 13.0. The van der Waals surface area contributed by atoms with Crippen molar-refractivity contribution in [1.82, 2.24) is 9.97 Å². The van der Waals surface area contributed by atoms with Crippen LogP contribution in [0, 0.1) is 0 Å². The number of carbonyl (C=O) groups excluding carboxylic acids is 1. The van der Waals surface area contributed by atoms with Crippen molar-refractivity contribution in [2.75, 3.05) is 11.9 Å². The molecule has 1 aliphatic heterocycles. The Morgan fingerprint density at radius 2 is 2.20 bits per heavy atom. The molecule has 20 heavy (non-hydrogen) atoms. The van der Waals surface area contributed by atoms with E-state index in [4.69, 9.17) is 16.3 Å². The summed E-state index contributed by atoms with van der Waals surface area (Å²) in [5.74, 6) is -0.117. The van der Waals surface area contributed by atoms with E-state index < -0.39 is 6.10 Å². The number of aromatic nitrogens is 2. The van der Waals surface area contributed by atoms with Crippen LogP contribution in [-0.2, 0) is 16.0 Å². The zero-order valence-electron chi connectivity index (χ0n) is 10.5. The highest BCUT2D eigenvalue weighted by Gasteiger charge is 2.27. The molecule has 1 aromatic heterocycles. The zero-order chi connectivity index (χ0) is 13.9. The predicted molar refractivity (Wildman–Crippen MR) is 74.5 cm³/mol. The molecular weight excluding hydrogens is 278 g/mol. The lowest BCUT2D eigenvalue weighted by atomic mass is 9.97. The highest BCUT2D eigenvalue weighted by atomic mass is 35.5. The van der Waals surface area contributed by atoms with Gasteiger partial charge in [-0.2, -0.15) is 0 Å². The lowest BCUT2D eigenvalue weighted by Gasteiger charge is -2.24. The predicted octanol–water partition coefficient (Wildman–Crippen LogP) is 2.38. The SMILES string of the molecule is O=C(Nc1nccc(Cl)n1)C1OCCc2ccccc21. The maximum atomic E-state index is 12.3. The number of benzene rings is 1. The molecule has 1 aliphatic rings. The number of hydrogen-bond donors (Lipinski definition) is 1. The highest BCUT2D eigenvalue weighted by molar-refractivity contribution is 6.29. The van der Waals surface area contributed by atoms with Gasteiger partial charge in [0, 0.05) is 6.20 Å². The lowest BCUT2D eigenvalue weighted by Crippen LogP contribution is -2.28. The topological polar surface area (TPSA) is 64.1 Å². The number of nitrogens with one attached hydrogen (secondary N) is 1. The zero-order valence-corrected chi connectivity index (χ0v) is 11.3. The Balaban J connectivity index is 1.82.